The number of anilines is 4. The Balaban J connectivity index is 2.35. The van der Waals surface area contributed by atoms with E-state index >= 15 is 0 Å². The monoisotopic (exact) mass is 261 g/mol. The zero-order valence-corrected chi connectivity index (χ0v) is 10.7. The molecule has 100 valence electrons. The Hall–Kier alpha value is -2.70. The van der Waals surface area contributed by atoms with Crippen LogP contribution < -0.4 is 26.3 Å². The number of nitrogen functional groups attached to an aromatic ring is 2. The van der Waals surface area contributed by atoms with Gasteiger partial charge in [-0.3, -0.25) is 0 Å². The zero-order valence-electron chi connectivity index (χ0n) is 10.7. The van der Waals surface area contributed by atoms with Crippen molar-refractivity contribution in [2.24, 2.45) is 0 Å². The molecular weight excluding hydrogens is 246 g/mol. The van der Waals surface area contributed by atoms with Crippen LogP contribution in [0.3, 0.4) is 0 Å². The van der Waals surface area contributed by atoms with Gasteiger partial charge in [0.25, 0.3) is 0 Å². The first kappa shape index (κ1) is 12.7. The van der Waals surface area contributed by atoms with E-state index in [0.29, 0.717) is 23.0 Å². The number of nitrogens with zero attached hydrogens (tertiary/aromatic N) is 2. The fourth-order valence-corrected chi connectivity index (χ4v) is 1.60. The van der Waals surface area contributed by atoms with Gasteiger partial charge in [-0.15, -0.1) is 0 Å². The summed E-state index contributed by atoms with van der Waals surface area (Å²) in [6.07, 6.45) is 0. The Labute approximate surface area is 110 Å². The van der Waals surface area contributed by atoms with Gasteiger partial charge in [-0.2, -0.15) is 9.97 Å². The molecule has 0 radical (unpaired) electrons. The fraction of sp³-hybridized carbons (Fsp3) is 0.167. The van der Waals surface area contributed by atoms with Gasteiger partial charge in [0, 0.05) is 12.1 Å². The first-order valence-corrected chi connectivity index (χ1v) is 5.51. The topological polar surface area (TPSA) is 108 Å². The molecule has 2 aromatic rings. The van der Waals surface area contributed by atoms with Gasteiger partial charge in [-0.1, -0.05) is 0 Å². The molecule has 2 rings (SSSR count). The number of nitrogens with two attached hydrogens (primary N) is 2. The van der Waals surface area contributed by atoms with Crippen LogP contribution in [0.2, 0.25) is 0 Å². The van der Waals surface area contributed by atoms with Gasteiger partial charge < -0.3 is 26.3 Å². The lowest BCUT2D eigenvalue weighted by molar-refractivity contribution is 0.405. The maximum atomic E-state index is 5.61. The van der Waals surface area contributed by atoms with E-state index in [4.69, 9.17) is 20.9 Å². The third-order valence-electron chi connectivity index (χ3n) is 2.43. The summed E-state index contributed by atoms with van der Waals surface area (Å²) in [5.74, 6) is 2.22. The van der Waals surface area contributed by atoms with Crippen molar-refractivity contribution in [3.05, 3.63) is 24.3 Å². The Morgan fingerprint density at radius 2 is 1.84 bits per heavy atom. The maximum absolute atomic E-state index is 5.61. The van der Waals surface area contributed by atoms with E-state index in [9.17, 15) is 0 Å². The van der Waals surface area contributed by atoms with Crippen molar-refractivity contribution in [1.29, 1.82) is 0 Å². The number of methoxy groups -OCH3 is 2. The molecule has 0 aliphatic heterocycles. The minimum atomic E-state index is 0.101. The Morgan fingerprint density at radius 3 is 2.47 bits per heavy atom. The third-order valence-corrected chi connectivity index (χ3v) is 2.43. The van der Waals surface area contributed by atoms with Crippen LogP contribution in [-0.4, -0.2) is 24.2 Å². The lowest BCUT2D eigenvalue weighted by atomic mass is 10.2. The molecular formula is C12H15N5O2. The highest BCUT2D eigenvalue weighted by atomic mass is 16.5. The van der Waals surface area contributed by atoms with Crippen LogP contribution in [0.25, 0.3) is 0 Å². The van der Waals surface area contributed by atoms with Crippen LogP contribution >= 0.6 is 0 Å². The van der Waals surface area contributed by atoms with Crippen molar-refractivity contribution in [2.45, 2.75) is 0 Å². The van der Waals surface area contributed by atoms with Crippen LogP contribution in [0, 0.1) is 0 Å². The number of hydrogen-bond acceptors (Lipinski definition) is 7. The second-order valence-corrected chi connectivity index (χ2v) is 3.73. The molecule has 0 aliphatic rings. The highest BCUT2D eigenvalue weighted by Crippen LogP contribution is 2.31. The van der Waals surface area contributed by atoms with Gasteiger partial charge in [-0.05, 0) is 12.1 Å². The van der Waals surface area contributed by atoms with E-state index in [2.05, 4.69) is 15.3 Å². The molecule has 0 spiro atoms. The molecule has 0 atom stereocenters. The summed E-state index contributed by atoms with van der Waals surface area (Å²) < 4.78 is 10.4. The zero-order chi connectivity index (χ0) is 13.8. The number of ether oxygens (including phenoxy) is 2. The molecule has 0 unspecified atom stereocenters. The van der Waals surface area contributed by atoms with Crippen LogP contribution in [0.15, 0.2) is 24.3 Å². The van der Waals surface area contributed by atoms with Crippen LogP contribution in [0.5, 0.6) is 11.5 Å². The van der Waals surface area contributed by atoms with Crippen LogP contribution in [0.1, 0.15) is 0 Å². The van der Waals surface area contributed by atoms with Gasteiger partial charge >= 0.3 is 0 Å². The second-order valence-electron chi connectivity index (χ2n) is 3.73. The summed E-state index contributed by atoms with van der Waals surface area (Å²) >= 11 is 0. The van der Waals surface area contributed by atoms with Crippen molar-refractivity contribution < 1.29 is 9.47 Å². The van der Waals surface area contributed by atoms with E-state index < -0.39 is 0 Å². The quantitative estimate of drug-likeness (QED) is 0.763. The van der Waals surface area contributed by atoms with E-state index in [1.54, 1.807) is 38.5 Å². The highest BCUT2D eigenvalue weighted by molar-refractivity contribution is 5.67. The Kier molecular flexibility index (Phi) is 3.56. The van der Waals surface area contributed by atoms with E-state index in [1.807, 2.05) is 0 Å². The summed E-state index contributed by atoms with van der Waals surface area (Å²) in [5, 5.41) is 3.06. The molecule has 1 heterocycles. The molecule has 7 heteroatoms. The van der Waals surface area contributed by atoms with Gasteiger partial charge in [0.1, 0.15) is 23.1 Å². The predicted octanol–water partition coefficient (Wildman–Crippen LogP) is 1.40. The first-order valence-electron chi connectivity index (χ1n) is 5.51. The molecule has 0 aliphatic carbocycles. The molecule has 7 nitrogen and oxygen atoms in total. The molecule has 1 aromatic carbocycles. The van der Waals surface area contributed by atoms with Crippen molar-refractivity contribution in [1.82, 2.24) is 9.97 Å². The lowest BCUT2D eigenvalue weighted by Gasteiger charge is -2.12. The molecule has 0 saturated heterocycles. The summed E-state index contributed by atoms with van der Waals surface area (Å²) in [6, 6.07) is 6.95. The standard InChI is InChI=1S/C12H15N5O2/c1-18-7-3-4-9(19-2)8(5-7)15-11-6-10(13)16-12(14)17-11/h3-6H,1-2H3,(H5,13,14,15,16,17). The summed E-state index contributed by atoms with van der Waals surface area (Å²) in [5.41, 5.74) is 11.8. The third kappa shape index (κ3) is 2.95. The average molecular weight is 261 g/mol. The highest BCUT2D eigenvalue weighted by Gasteiger charge is 2.07. The van der Waals surface area contributed by atoms with Gasteiger partial charge in [0.05, 0.1) is 19.9 Å². The average Bonchev–Trinajstić information content (AvgIpc) is 2.37. The molecule has 1 aromatic heterocycles. The summed E-state index contributed by atoms with van der Waals surface area (Å²) in [7, 11) is 3.17. The minimum absolute atomic E-state index is 0.101. The summed E-state index contributed by atoms with van der Waals surface area (Å²) in [4.78, 5) is 7.84. The Morgan fingerprint density at radius 1 is 1.05 bits per heavy atom. The largest absolute Gasteiger partial charge is 0.497 e. The van der Waals surface area contributed by atoms with E-state index in [1.165, 1.54) is 0 Å². The van der Waals surface area contributed by atoms with Crippen molar-refractivity contribution in [2.75, 3.05) is 31.0 Å². The number of hydrogen-bond donors (Lipinski definition) is 3. The predicted molar refractivity (Wildman–Crippen MR) is 73.7 cm³/mol. The summed E-state index contributed by atoms with van der Waals surface area (Å²) in [6.45, 7) is 0. The fourth-order valence-electron chi connectivity index (χ4n) is 1.60. The normalized spacial score (nSPS) is 10.0. The molecule has 19 heavy (non-hydrogen) atoms. The van der Waals surface area contributed by atoms with Crippen molar-refractivity contribution in [3.63, 3.8) is 0 Å². The molecule has 5 N–H and O–H groups in total. The second kappa shape index (κ2) is 5.30. The van der Waals surface area contributed by atoms with Crippen LogP contribution in [-0.2, 0) is 0 Å². The van der Waals surface area contributed by atoms with Crippen molar-refractivity contribution in [3.8, 4) is 11.5 Å². The Bertz CT molecular complexity index is 568. The molecule has 0 saturated carbocycles. The maximum Gasteiger partial charge on any atom is 0.223 e. The molecule has 0 amide bonds. The SMILES string of the molecule is COc1ccc(OC)c(Nc2cc(N)nc(N)n2)c1. The smallest absolute Gasteiger partial charge is 0.223 e. The number of rotatable bonds is 4. The number of nitrogens with one attached hydrogen (secondary N) is 1. The number of aromatic nitrogens is 2. The van der Waals surface area contributed by atoms with Gasteiger partial charge in [0.2, 0.25) is 5.95 Å². The molecule has 0 fully saturated rings. The minimum Gasteiger partial charge on any atom is -0.497 e. The van der Waals surface area contributed by atoms with Gasteiger partial charge in [-0.25, -0.2) is 0 Å². The van der Waals surface area contributed by atoms with Crippen LogP contribution in [0.4, 0.5) is 23.3 Å². The van der Waals surface area contributed by atoms with Crippen molar-refractivity contribution >= 4 is 23.3 Å². The van der Waals surface area contributed by atoms with Gasteiger partial charge in [0.15, 0.2) is 0 Å². The number of benzene rings is 1. The van der Waals surface area contributed by atoms with E-state index in [-0.39, 0.29) is 11.8 Å². The molecule has 0 bridgehead atoms. The van der Waals surface area contributed by atoms with E-state index in [0.717, 1.165) is 0 Å². The lowest BCUT2D eigenvalue weighted by Crippen LogP contribution is -2.03. The first-order chi connectivity index (χ1) is 9.12.